The van der Waals surface area contributed by atoms with Crippen LogP contribution < -0.4 is 5.32 Å². The molecule has 2 amide bonds. The molecule has 7 heteroatoms. The molecule has 0 spiro atoms. The van der Waals surface area contributed by atoms with Gasteiger partial charge in [-0.3, -0.25) is 4.79 Å². The molecular weight excluding hydrogens is 444 g/mol. The second-order valence-electron chi connectivity index (χ2n) is 10.4. The second-order valence-corrected chi connectivity index (χ2v) is 10.4. The van der Waals surface area contributed by atoms with Crippen LogP contribution in [0.15, 0.2) is 48.5 Å². The van der Waals surface area contributed by atoms with Gasteiger partial charge in [0, 0.05) is 24.4 Å². The van der Waals surface area contributed by atoms with Gasteiger partial charge in [-0.05, 0) is 66.7 Å². The Morgan fingerprint density at radius 1 is 1.00 bits per heavy atom. The molecule has 0 bridgehead atoms. The summed E-state index contributed by atoms with van der Waals surface area (Å²) in [5.74, 6) is -1.09. The predicted molar refractivity (Wildman–Crippen MR) is 129 cm³/mol. The fourth-order valence-corrected chi connectivity index (χ4v) is 6.73. The van der Waals surface area contributed by atoms with Gasteiger partial charge in [0.15, 0.2) is 0 Å². The lowest BCUT2D eigenvalue weighted by Crippen LogP contribution is -2.53. The summed E-state index contributed by atoms with van der Waals surface area (Å²) in [6.07, 6.45) is 3.73. The van der Waals surface area contributed by atoms with Crippen molar-refractivity contribution in [2.45, 2.75) is 56.0 Å². The number of alkyl carbamates (subject to hydrolysis) is 1. The van der Waals surface area contributed by atoms with Crippen LogP contribution in [0, 0.1) is 11.8 Å². The summed E-state index contributed by atoms with van der Waals surface area (Å²) in [7, 11) is 0. The van der Waals surface area contributed by atoms with Crippen LogP contribution in [0.3, 0.4) is 0 Å². The molecule has 35 heavy (non-hydrogen) atoms. The van der Waals surface area contributed by atoms with Crippen LogP contribution in [-0.4, -0.2) is 52.7 Å². The first-order valence-electron chi connectivity index (χ1n) is 12.7. The van der Waals surface area contributed by atoms with Gasteiger partial charge in [-0.25, -0.2) is 9.59 Å². The Balaban J connectivity index is 1.05. The summed E-state index contributed by atoms with van der Waals surface area (Å²) >= 11 is 0. The van der Waals surface area contributed by atoms with Gasteiger partial charge in [0.25, 0.3) is 0 Å². The van der Waals surface area contributed by atoms with E-state index in [9.17, 15) is 19.5 Å². The van der Waals surface area contributed by atoms with Gasteiger partial charge in [0.2, 0.25) is 5.91 Å². The molecule has 0 radical (unpaired) electrons. The van der Waals surface area contributed by atoms with Gasteiger partial charge >= 0.3 is 12.1 Å². The number of carbonyl (C=O) groups excluding carboxylic acids is 2. The molecule has 2 unspecified atom stereocenters. The van der Waals surface area contributed by atoms with Gasteiger partial charge < -0.3 is 20.1 Å². The quantitative estimate of drug-likeness (QED) is 0.679. The van der Waals surface area contributed by atoms with Gasteiger partial charge in [-0.15, -0.1) is 0 Å². The third-order valence-electron chi connectivity index (χ3n) is 8.57. The van der Waals surface area contributed by atoms with Crippen molar-refractivity contribution in [3.8, 4) is 11.1 Å². The van der Waals surface area contributed by atoms with Crippen molar-refractivity contribution in [1.82, 2.24) is 10.2 Å². The number of aliphatic carboxylic acids is 1. The van der Waals surface area contributed by atoms with Gasteiger partial charge in [0.1, 0.15) is 12.1 Å². The first-order chi connectivity index (χ1) is 17.0. The van der Waals surface area contributed by atoms with Crippen molar-refractivity contribution in [2.75, 3.05) is 13.2 Å². The maximum Gasteiger partial charge on any atom is 0.407 e. The smallest absolute Gasteiger partial charge is 0.407 e. The molecule has 7 nitrogen and oxygen atoms in total. The van der Waals surface area contributed by atoms with Crippen molar-refractivity contribution >= 4 is 18.0 Å². The highest BCUT2D eigenvalue weighted by molar-refractivity contribution is 5.91. The number of rotatable bonds is 5. The lowest BCUT2D eigenvalue weighted by atomic mass is 9.98. The summed E-state index contributed by atoms with van der Waals surface area (Å²) in [6.45, 7) is 0.772. The summed E-state index contributed by atoms with van der Waals surface area (Å²) in [6, 6.07) is 16.3. The molecule has 2 N–H and O–H groups in total. The number of hydrogen-bond acceptors (Lipinski definition) is 4. The molecule has 6 rings (SSSR count). The molecule has 1 heterocycles. The van der Waals surface area contributed by atoms with E-state index in [1.165, 1.54) is 22.3 Å². The van der Waals surface area contributed by atoms with Crippen molar-refractivity contribution < 1.29 is 24.2 Å². The number of carboxylic acids is 1. The average Bonchev–Trinajstić information content (AvgIpc) is 3.33. The van der Waals surface area contributed by atoms with Crippen molar-refractivity contribution in [2.24, 2.45) is 11.8 Å². The molecule has 0 aromatic heterocycles. The number of hydrogen-bond donors (Lipinski definition) is 2. The highest BCUT2D eigenvalue weighted by atomic mass is 16.5. The highest BCUT2D eigenvalue weighted by Crippen LogP contribution is 2.55. The first-order valence-corrected chi connectivity index (χ1v) is 12.7. The minimum Gasteiger partial charge on any atom is -0.479 e. The molecule has 2 aromatic carbocycles. The van der Waals surface area contributed by atoms with E-state index in [1.54, 1.807) is 4.90 Å². The topological polar surface area (TPSA) is 95.9 Å². The summed E-state index contributed by atoms with van der Waals surface area (Å²) in [4.78, 5) is 39.4. The number of likely N-dealkylation sites (tertiary alicyclic amines) is 1. The SMILES string of the molecule is O=C(NC1CCC(C(=O)N2CCC[C@H]3C[C@]32C(=O)O)C1)OCC1c2ccccc2-c2ccccc21. The molecule has 3 aliphatic carbocycles. The Labute approximate surface area is 204 Å². The predicted octanol–water partition coefficient (Wildman–Crippen LogP) is 4.16. The maximum atomic E-state index is 13.2. The lowest BCUT2D eigenvalue weighted by molar-refractivity contribution is -0.156. The number of piperidine rings is 1. The minimum atomic E-state index is -0.979. The van der Waals surface area contributed by atoms with Crippen LogP contribution in [0.5, 0.6) is 0 Å². The number of nitrogens with one attached hydrogen (secondary N) is 1. The summed E-state index contributed by atoms with van der Waals surface area (Å²) in [5.41, 5.74) is 3.72. The van der Waals surface area contributed by atoms with E-state index in [0.29, 0.717) is 32.2 Å². The fourth-order valence-electron chi connectivity index (χ4n) is 6.73. The molecular formula is C28H30N2O5. The number of carboxylic acid groups (broad SMARTS) is 1. The monoisotopic (exact) mass is 474 g/mol. The van der Waals surface area contributed by atoms with Crippen LogP contribution in [0.1, 0.15) is 55.6 Å². The van der Waals surface area contributed by atoms with Crippen molar-refractivity contribution in [1.29, 1.82) is 0 Å². The van der Waals surface area contributed by atoms with Crippen LogP contribution in [0.25, 0.3) is 11.1 Å². The molecule has 182 valence electrons. The second kappa shape index (κ2) is 8.40. The van der Waals surface area contributed by atoms with E-state index in [0.717, 1.165) is 12.8 Å². The number of benzene rings is 2. The maximum absolute atomic E-state index is 13.2. The highest BCUT2D eigenvalue weighted by Gasteiger charge is 2.67. The molecule has 4 atom stereocenters. The third kappa shape index (κ3) is 3.60. The molecule has 3 fully saturated rings. The Morgan fingerprint density at radius 2 is 1.69 bits per heavy atom. The van der Waals surface area contributed by atoms with E-state index in [4.69, 9.17) is 4.74 Å². The number of fused-ring (bicyclic) bond motifs is 4. The van der Waals surface area contributed by atoms with Crippen LogP contribution in [-0.2, 0) is 14.3 Å². The third-order valence-corrected chi connectivity index (χ3v) is 8.57. The van der Waals surface area contributed by atoms with Crippen LogP contribution >= 0.6 is 0 Å². The molecule has 1 aliphatic heterocycles. The van der Waals surface area contributed by atoms with Gasteiger partial charge in [-0.2, -0.15) is 0 Å². The molecule has 1 saturated heterocycles. The molecule has 4 aliphatic rings. The minimum absolute atomic E-state index is 0.00357. The largest absolute Gasteiger partial charge is 0.479 e. The van der Waals surface area contributed by atoms with Crippen LogP contribution in [0.2, 0.25) is 0 Å². The Kier molecular flexibility index (Phi) is 5.31. The van der Waals surface area contributed by atoms with E-state index in [2.05, 4.69) is 29.6 Å². The van der Waals surface area contributed by atoms with Crippen molar-refractivity contribution in [3.05, 3.63) is 59.7 Å². The van der Waals surface area contributed by atoms with E-state index in [-0.39, 0.29) is 36.3 Å². The Bertz CT molecular complexity index is 1150. The normalized spacial score (nSPS) is 28.6. The summed E-state index contributed by atoms with van der Waals surface area (Å²) < 4.78 is 5.66. The van der Waals surface area contributed by atoms with E-state index < -0.39 is 17.6 Å². The number of nitrogens with zero attached hydrogens (tertiary/aromatic N) is 1. The molecule has 2 saturated carbocycles. The first kappa shape index (κ1) is 22.1. The molecule has 2 aromatic rings. The zero-order chi connectivity index (χ0) is 24.2. The van der Waals surface area contributed by atoms with Gasteiger partial charge in [-0.1, -0.05) is 48.5 Å². The Morgan fingerprint density at radius 3 is 2.37 bits per heavy atom. The fraction of sp³-hybridized carbons (Fsp3) is 0.464. The van der Waals surface area contributed by atoms with E-state index >= 15 is 0 Å². The Hall–Kier alpha value is -3.35. The number of carbonyl (C=O) groups is 3. The average molecular weight is 475 g/mol. The zero-order valence-electron chi connectivity index (χ0n) is 19.6. The van der Waals surface area contributed by atoms with Gasteiger partial charge in [0.05, 0.1) is 0 Å². The van der Waals surface area contributed by atoms with E-state index in [1.807, 2.05) is 24.3 Å². The lowest BCUT2D eigenvalue weighted by Gasteiger charge is -2.35. The zero-order valence-corrected chi connectivity index (χ0v) is 19.6. The number of ether oxygens (including phenoxy) is 1. The standard InChI is InChI=1S/C28H30N2O5/c31-25(30-13-5-6-18-15-28(18,30)26(32)33)17-11-12-19(14-17)29-27(34)35-16-24-22-9-3-1-7-20(22)21-8-2-4-10-23(21)24/h1-4,7-10,17-19,24H,5-6,11-16H2,(H,29,34)(H,32,33)/t17?,18-,19?,28+/m0/s1. The number of amides is 2. The van der Waals surface area contributed by atoms with Crippen LogP contribution in [0.4, 0.5) is 4.79 Å². The van der Waals surface area contributed by atoms with Crippen molar-refractivity contribution in [3.63, 3.8) is 0 Å². The summed E-state index contributed by atoms with van der Waals surface area (Å²) in [5, 5.41) is 12.7.